The van der Waals surface area contributed by atoms with E-state index in [9.17, 15) is 4.79 Å². The summed E-state index contributed by atoms with van der Waals surface area (Å²) < 4.78 is 13.4. The minimum atomic E-state index is -0.292. The molecule has 0 aromatic carbocycles. The van der Waals surface area contributed by atoms with Gasteiger partial charge < -0.3 is 9.47 Å². The molecule has 0 aromatic rings. The van der Waals surface area contributed by atoms with E-state index in [4.69, 9.17) is 9.47 Å². The minimum absolute atomic E-state index is 0.292. The van der Waals surface area contributed by atoms with Gasteiger partial charge in [0.1, 0.15) is 5.78 Å². The van der Waals surface area contributed by atoms with Crippen LogP contribution in [-0.2, 0) is 14.3 Å². The first kappa shape index (κ1) is 20.2. The highest BCUT2D eigenvalue weighted by Crippen LogP contribution is 2.71. The summed E-state index contributed by atoms with van der Waals surface area (Å²) in [4.78, 5) is 12.2. The van der Waals surface area contributed by atoms with E-state index in [2.05, 4.69) is 27.7 Å². The van der Waals surface area contributed by atoms with E-state index in [1.165, 1.54) is 38.5 Å². The highest BCUT2D eigenvalue weighted by Gasteiger charge is 2.69. The topological polar surface area (TPSA) is 35.5 Å². The molecule has 11 atom stereocenters. The third kappa shape index (κ3) is 2.54. The molecule has 1 spiro atoms. The molecule has 0 N–H and O–H groups in total. The van der Waals surface area contributed by atoms with Gasteiger partial charge in [0.25, 0.3) is 0 Å². The van der Waals surface area contributed by atoms with Crippen LogP contribution in [0.5, 0.6) is 0 Å². The van der Waals surface area contributed by atoms with Crippen molar-refractivity contribution in [1.29, 1.82) is 0 Å². The van der Waals surface area contributed by atoms with Gasteiger partial charge in [-0.1, -0.05) is 27.7 Å². The molecule has 2 aliphatic heterocycles. The SMILES string of the molecule is C[C@H]1CC[C@@]2(OC1)O[C@@H]1C[C@@H]3[C@@H]4CC[C@H]5CC(=O)CC[C@]5(C)[C@H]4CC[C@]3(C)[C@@H]1[C@@H]2C. The second-order valence-electron chi connectivity index (χ2n) is 12.9. The van der Waals surface area contributed by atoms with Gasteiger partial charge in [-0.15, -0.1) is 0 Å². The van der Waals surface area contributed by atoms with Gasteiger partial charge in [-0.05, 0) is 91.3 Å². The number of rotatable bonds is 0. The Bertz CT molecular complexity index is 724. The molecule has 3 heteroatoms. The summed E-state index contributed by atoms with van der Waals surface area (Å²) in [6.07, 6.45) is 12.2. The summed E-state index contributed by atoms with van der Waals surface area (Å²) in [6, 6.07) is 0. The fourth-order valence-corrected chi connectivity index (χ4v) is 10.1. The Morgan fingerprint density at radius 1 is 0.933 bits per heavy atom. The Morgan fingerprint density at radius 2 is 1.77 bits per heavy atom. The number of hydrogen-bond donors (Lipinski definition) is 0. The number of fused-ring (bicyclic) bond motifs is 7. The molecule has 6 fully saturated rings. The third-order valence-corrected chi connectivity index (χ3v) is 11.7. The fourth-order valence-electron chi connectivity index (χ4n) is 10.1. The first-order valence-electron chi connectivity index (χ1n) is 13.1. The molecule has 30 heavy (non-hydrogen) atoms. The van der Waals surface area contributed by atoms with Crippen molar-refractivity contribution >= 4 is 5.78 Å². The average molecular weight is 415 g/mol. The van der Waals surface area contributed by atoms with Crippen LogP contribution >= 0.6 is 0 Å². The van der Waals surface area contributed by atoms with E-state index >= 15 is 0 Å². The molecule has 0 unspecified atom stereocenters. The zero-order chi connectivity index (χ0) is 20.9. The molecule has 0 aromatic heterocycles. The van der Waals surface area contributed by atoms with Gasteiger partial charge in [-0.25, -0.2) is 0 Å². The van der Waals surface area contributed by atoms with E-state index in [1.807, 2.05) is 0 Å². The molecule has 0 amide bonds. The summed E-state index contributed by atoms with van der Waals surface area (Å²) in [5.41, 5.74) is 0.820. The second-order valence-corrected chi connectivity index (χ2v) is 12.9. The second kappa shape index (κ2) is 6.56. The quantitative estimate of drug-likeness (QED) is 0.487. The van der Waals surface area contributed by atoms with Crippen LogP contribution in [0.1, 0.15) is 91.9 Å². The summed E-state index contributed by atoms with van der Waals surface area (Å²) in [5.74, 6) is 5.23. The van der Waals surface area contributed by atoms with Gasteiger partial charge in [0.15, 0.2) is 5.79 Å². The molecule has 0 radical (unpaired) electrons. The fraction of sp³-hybridized carbons (Fsp3) is 0.963. The van der Waals surface area contributed by atoms with Crippen LogP contribution in [0.3, 0.4) is 0 Å². The molecular formula is C27H42O3. The number of Topliss-reactive ketones (excluding diaryl/α,β-unsaturated/α-hetero) is 1. The zero-order valence-corrected chi connectivity index (χ0v) is 19.6. The van der Waals surface area contributed by atoms with Crippen LogP contribution in [0.4, 0.5) is 0 Å². The maximum atomic E-state index is 12.2. The molecular weight excluding hydrogens is 372 g/mol. The Balaban J connectivity index is 1.26. The van der Waals surface area contributed by atoms with Crippen molar-refractivity contribution in [2.24, 2.45) is 52.3 Å². The van der Waals surface area contributed by atoms with E-state index in [0.29, 0.717) is 46.4 Å². The van der Waals surface area contributed by atoms with Gasteiger partial charge in [-0.3, -0.25) is 4.79 Å². The van der Waals surface area contributed by atoms with Crippen molar-refractivity contribution in [2.75, 3.05) is 6.61 Å². The smallest absolute Gasteiger partial charge is 0.171 e. The molecule has 4 saturated carbocycles. The van der Waals surface area contributed by atoms with Crippen LogP contribution in [0.2, 0.25) is 0 Å². The molecule has 0 bridgehead atoms. The van der Waals surface area contributed by atoms with E-state index in [1.54, 1.807) is 0 Å². The summed E-state index contributed by atoms with van der Waals surface area (Å²) in [7, 11) is 0. The lowest BCUT2D eigenvalue weighted by Crippen LogP contribution is -2.54. The van der Waals surface area contributed by atoms with Gasteiger partial charge in [0.05, 0.1) is 12.7 Å². The Hall–Kier alpha value is -0.410. The lowest BCUT2D eigenvalue weighted by atomic mass is 9.44. The van der Waals surface area contributed by atoms with E-state index in [-0.39, 0.29) is 5.79 Å². The maximum Gasteiger partial charge on any atom is 0.171 e. The molecule has 4 aliphatic carbocycles. The summed E-state index contributed by atoms with van der Waals surface area (Å²) in [6.45, 7) is 10.8. The number of carbonyl (C=O) groups is 1. The first-order valence-corrected chi connectivity index (χ1v) is 13.1. The number of carbonyl (C=O) groups excluding carboxylic acids is 1. The molecule has 3 nitrogen and oxygen atoms in total. The van der Waals surface area contributed by atoms with Crippen molar-refractivity contribution < 1.29 is 14.3 Å². The molecule has 2 saturated heterocycles. The van der Waals surface area contributed by atoms with Crippen molar-refractivity contribution in [3.63, 3.8) is 0 Å². The molecule has 6 aliphatic rings. The summed E-state index contributed by atoms with van der Waals surface area (Å²) >= 11 is 0. The van der Waals surface area contributed by atoms with E-state index in [0.717, 1.165) is 50.0 Å². The predicted molar refractivity (Wildman–Crippen MR) is 117 cm³/mol. The van der Waals surface area contributed by atoms with Gasteiger partial charge in [0, 0.05) is 25.2 Å². The molecule has 6 rings (SSSR count). The monoisotopic (exact) mass is 414 g/mol. The highest BCUT2D eigenvalue weighted by atomic mass is 16.7. The van der Waals surface area contributed by atoms with E-state index < -0.39 is 0 Å². The van der Waals surface area contributed by atoms with Crippen molar-refractivity contribution in [3.8, 4) is 0 Å². The Morgan fingerprint density at radius 3 is 2.53 bits per heavy atom. The van der Waals surface area contributed by atoms with Crippen LogP contribution in [0, 0.1) is 52.3 Å². The van der Waals surface area contributed by atoms with Crippen molar-refractivity contribution in [2.45, 2.75) is 104 Å². The van der Waals surface area contributed by atoms with Crippen LogP contribution in [-0.4, -0.2) is 24.3 Å². The van der Waals surface area contributed by atoms with Crippen molar-refractivity contribution in [1.82, 2.24) is 0 Å². The zero-order valence-electron chi connectivity index (χ0n) is 19.6. The number of ketones is 1. The Kier molecular flexibility index (Phi) is 4.42. The normalized spacial score (nSPS) is 60.1. The van der Waals surface area contributed by atoms with Crippen molar-refractivity contribution in [3.05, 3.63) is 0 Å². The van der Waals surface area contributed by atoms with Gasteiger partial charge >= 0.3 is 0 Å². The largest absolute Gasteiger partial charge is 0.349 e. The Labute approximate surface area is 183 Å². The minimum Gasteiger partial charge on any atom is -0.349 e. The average Bonchev–Trinajstić information content (AvgIpc) is 3.16. The lowest BCUT2D eigenvalue weighted by Gasteiger charge is -2.60. The number of ether oxygens (including phenoxy) is 2. The lowest BCUT2D eigenvalue weighted by molar-refractivity contribution is -0.273. The maximum absolute atomic E-state index is 12.2. The standard InChI is InChI=1S/C27H42O3/c1-16-7-12-27(29-15-16)17(2)24-23(30-27)14-22-20-6-5-18-13-19(28)8-10-25(18,3)21(20)9-11-26(22,24)4/h16-18,20-24H,5-15H2,1-4H3/t16-,17-,18-,20+,21-,22+,23+,24+,25-,26-,27+/m0/s1. The van der Waals surface area contributed by atoms with Gasteiger partial charge in [-0.2, -0.15) is 0 Å². The van der Waals surface area contributed by atoms with Crippen LogP contribution in [0.25, 0.3) is 0 Å². The number of hydrogen-bond acceptors (Lipinski definition) is 3. The van der Waals surface area contributed by atoms with Crippen LogP contribution < -0.4 is 0 Å². The summed E-state index contributed by atoms with van der Waals surface area (Å²) in [5, 5.41) is 0. The third-order valence-electron chi connectivity index (χ3n) is 11.7. The van der Waals surface area contributed by atoms with Crippen LogP contribution in [0.15, 0.2) is 0 Å². The molecule has 168 valence electrons. The molecule has 2 heterocycles. The predicted octanol–water partition coefficient (Wildman–Crippen LogP) is 6.00. The highest BCUT2D eigenvalue weighted by molar-refractivity contribution is 5.79. The first-order chi connectivity index (χ1) is 14.3. The van der Waals surface area contributed by atoms with Gasteiger partial charge in [0.2, 0.25) is 0 Å².